The molecule has 0 aliphatic carbocycles. The van der Waals surface area contributed by atoms with Crippen molar-refractivity contribution in [2.75, 3.05) is 6.61 Å². The molecule has 4 rings (SSSR count). The lowest BCUT2D eigenvalue weighted by molar-refractivity contribution is 0.315. The Morgan fingerprint density at radius 1 is 1.20 bits per heavy atom. The fourth-order valence-electron chi connectivity index (χ4n) is 2.69. The van der Waals surface area contributed by atoms with Gasteiger partial charge in [-0.1, -0.05) is 24.2 Å². The minimum Gasteiger partial charge on any atom is -0.492 e. The average Bonchev–Trinajstić information content (AvgIpc) is 3.29. The van der Waals surface area contributed by atoms with Crippen LogP contribution in [0.25, 0.3) is 33.7 Å². The minimum atomic E-state index is 0.502. The Morgan fingerprint density at radius 3 is 2.96 bits per heavy atom. The summed E-state index contributed by atoms with van der Waals surface area (Å²) in [4.78, 5) is 7.78. The van der Waals surface area contributed by atoms with E-state index in [9.17, 15) is 0 Å². The Hall–Kier alpha value is -2.35. The van der Waals surface area contributed by atoms with E-state index in [-0.39, 0.29) is 0 Å². The topological polar surface area (TPSA) is 63.9 Å². The predicted octanol–water partition coefficient (Wildman–Crippen LogP) is 5.28. The molecule has 25 heavy (non-hydrogen) atoms. The smallest absolute Gasteiger partial charge is 0.258 e. The molecule has 5 nitrogen and oxygen atoms in total. The summed E-state index contributed by atoms with van der Waals surface area (Å²) in [6.07, 6.45) is 2.89. The van der Waals surface area contributed by atoms with Crippen LogP contribution >= 0.6 is 22.6 Å². The van der Waals surface area contributed by atoms with E-state index in [0.717, 1.165) is 37.8 Å². The molecule has 0 radical (unpaired) electrons. The second kappa shape index (κ2) is 6.87. The van der Waals surface area contributed by atoms with Gasteiger partial charge >= 0.3 is 0 Å². The molecule has 126 valence electrons. The normalized spacial score (nSPS) is 11.1. The van der Waals surface area contributed by atoms with Gasteiger partial charge in [-0.2, -0.15) is 4.98 Å². The first-order chi connectivity index (χ1) is 12.3. The highest BCUT2D eigenvalue weighted by Gasteiger charge is 2.14. The van der Waals surface area contributed by atoms with E-state index < -0.39 is 0 Å². The van der Waals surface area contributed by atoms with Crippen molar-refractivity contribution in [2.24, 2.45) is 0 Å². The highest BCUT2D eigenvalue weighted by Crippen LogP contribution is 2.30. The average molecular weight is 445 g/mol. The SMILES string of the molecule is CCCOc1ccc(-c2nc(-c3cccc4[nH]ccc34)no2)cc1I. The number of fused-ring (bicyclic) bond motifs is 1. The van der Waals surface area contributed by atoms with Crippen molar-refractivity contribution in [3.8, 4) is 28.6 Å². The number of aromatic amines is 1. The van der Waals surface area contributed by atoms with Crippen LogP contribution in [0.4, 0.5) is 0 Å². The van der Waals surface area contributed by atoms with E-state index in [1.165, 1.54) is 0 Å². The van der Waals surface area contributed by atoms with Crippen LogP contribution in [0.15, 0.2) is 53.2 Å². The Balaban J connectivity index is 1.67. The summed E-state index contributed by atoms with van der Waals surface area (Å²) < 4.78 is 12.2. The van der Waals surface area contributed by atoms with E-state index in [1.807, 2.05) is 48.7 Å². The minimum absolute atomic E-state index is 0.502. The van der Waals surface area contributed by atoms with Crippen LogP contribution in [0.3, 0.4) is 0 Å². The van der Waals surface area contributed by atoms with Gasteiger partial charge in [-0.15, -0.1) is 0 Å². The molecule has 2 aromatic heterocycles. The molecule has 1 N–H and O–H groups in total. The molecular formula is C19H16IN3O2. The quantitative estimate of drug-likeness (QED) is 0.425. The molecule has 6 heteroatoms. The number of aromatic nitrogens is 3. The van der Waals surface area contributed by atoms with Gasteiger partial charge in [0.2, 0.25) is 5.82 Å². The number of rotatable bonds is 5. The zero-order chi connectivity index (χ0) is 17.2. The van der Waals surface area contributed by atoms with E-state index >= 15 is 0 Å². The fourth-order valence-corrected chi connectivity index (χ4v) is 3.36. The van der Waals surface area contributed by atoms with Gasteiger partial charge in [0.25, 0.3) is 5.89 Å². The molecule has 0 aliphatic rings. The molecule has 2 aromatic carbocycles. The number of ether oxygens (including phenoxy) is 1. The first kappa shape index (κ1) is 16.1. The molecule has 0 amide bonds. The van der Waals surface area contributed by atoms with Gasteiger partial charge in [-0.25, -0.2) is 0 Å². The molecule has 4 aromatic rings. The van der Waals surface area contributed by atoms with E-state index in [2.05, 4.69) is 44.6 Å². The number of halogens is 1. The summed E-state index contributed by atoms with van der Waals surface area (Å²) in [5, 5.41) is 5.24. The molecule has 0 spiro atoms. The summed E-state index contributed by atoms with van der Waals surface area (Å²) in [6.45, 7) is 2.80. The molecular weight excluding hydrogens is 429 g/mol. The maximum Gasteiger partial charge on any atom is 0.258 e. The summed E-state index contributed by atoms with van der Waals surface area (Å²) in [6, 6.07) is 13.9. The zero-order valence-electron chi connectivity index (χ0n) is 13.6. The largest absolute Gasteiger partial charge is 0.492 e. The summed E-state index contributed by atoms with van der Waals surface area (Å²) in [5.41, 5.74) is 2.88. The third kappa shape index (κ3) is 3.13. The third-order valence-electron chi connectivity index (χ3n) is 3.90. The fraction of sp³-hybridized carbons (Fsp3) is 0.158. The third-order valence-corrected chi connectivity index (χ3v) is 4.75. The van der Waals surface area contributed by atoms with Gasteiger partial charge in [0.1, 0.15) is 5.75 Å². The van der Waals surface area contributed by atoms with Gasteiger partial charge in [0.15, 0.2) is 0 Å². The highest BCUT2D eigenvalue weighted by molar-refractivity contribution is 14.1. The van der Waals surface area contributed by atoms with Gasteiger partial charge in [-0.05, 0) is 59.3 Å². The van der Waals surface area contributed by atoms with Crippen LogP contribution in [0.2, 0.25) is 0 Å². The van der Waals surface area contributed by atoms with Crippen LogP contribution in [-0.4, -0.2) is 21.7 Å². The van der Waals surface area contributed by atoms with Crippen molar-refractivity contribution in [2.45, 2.75) is 13.3 Å². The van der Waals surface area contributed by atoms with Crippen molar-refractivity contribution in [3.05, 3.63) is 52.2 Å². The van der Waals surface area contributed by atoms with Crippen LogP contribution in [-0.2, 0) is 0 Å². The first-order valence-electron chi connectivity index (χ1n) is 8.09. The summed E-state index contributed by atoms with van der Waals surface area (Å²) in [5.74, 6) is 1.96. The maximum atomic E-state index is 5.71. The standard InChI is InChI=1S/C19H16IN3O2/c1-2-10-24-17-7-6-12(11-15(17)20)19-22-18(23-25-19)14-4-3-5-16-13(14)8-9-21-16/h3-9,11,21H,2,10H2,1H3. The van der Waals surface area contributed by atoms with Crippen LogP contribution in [0.1, 0.15) is 13.3 Å². The number of hydrogen-bond donors (Lipinski definition) is 1. The predicted molar refractivity (Wildman–Crippen MR) is 106 cm³/mol. The Labute approximate surface area is 158 Å². The first-order valence-corrected chi connectivity index (χ1v) is 9.17. The highest BCUT2D eigenvalue weighted by atomic mass is 127. The molecule has 0 aliphatic heterocycles. The summed E-state index contributed by atoms with van der Waals surface area (Å²) in [7, 11) is 0. The zero-order valence-corrected chi connectivity index (χ0v) is 15.8. The number of H-pyrrole nitrogens is 1. The Bertz CT molecular complexity index is 1020. The van der Waals surface area contributed by atoms with E-state index in [1.54, 1.807) is 0 Å². The second-order valence-electron chi connectivity index (χ2n) is 5.66. The number of hydrogen-bond acceptors (Lipinski definition) is 4. The molecule has 0 atom stereocenters. The molecule has 0 unspecified atom stereocenters. The van der Waals surface area contributed by atoms with Gasteiger partial charge in [-0.3, -0.25) is 0 Å². The van der Waals surface area contributed by atoms with Gasteiger partial charge in [0.05, 0.1) is 10.2 Å². The molecule has 0 fully saturated rings. The maximum absolute atomic E-state index is 5.71. The molecule has 0 bridgehead atoms. The van der Waals surface area contributed by atoms with E-state index in [4.69, 9.17) is 9.26 Å². The van der Waals surface area contributed by atoms with Gasteiger partial charge < -0.3 is 14.2 Å². The molecule has 0 saturated carbocycles. The van der Waals surface area contributed by atoms with E-state index in [0.29, 0.717) is 18.3 Å². The van der Waals surface area contributed by atoms with Gasteiger partial charge in [0, 0.05) is 28.2 Å². The van der Waals surface area contributed by atoms with Crippen LogP contribution in [0.5, 0.6) is 5.75 Å². The van der Waals surface area contributed by atoms with Crippen LogP contribution in [0, 0.1) is 3.57 Å². The second-order valence-corrected chi connectivity index (χ2v) is 6.82. The van der Waals surface area contributed by atoms with Crippen molar-refractivity contribution in [1.82, 2.24) is 15.1 Å². The van der Waals surface area contributed by atoms with Crippen molar-refractivity contribution >= 4 is 33.5 Å². The number of nitrogens with one attached hydrogen (secondary N) is 1. The molecule has 2 heterocycles. The van der Waals surface area contributed by atoms with Crippen LogP contribution < -0.4 is 4.74 Å². The lowest BCUT2D eigenvalue weighted by atomic mass is 10.1. The number of nitrogens with zero attached hydrogens (tertiary/aromatic N) is 2. The lowest BCUT2D eigenvalue weighted by Gasteiger charge is -2.07. The number of benzene rings is 2. The monoisotopic (exact) mass is 445 g/mol. The Kier molecular flexibility index (Phi) is 4.44. The molecule has 0 saturated heterocycles. The van der Waals surface area contributed by atoms with Crippen molar-refractivity contribution < 1.29 is 9.26 Å². The lowest BCUT2D eigenvalue weighted by Crippen LogP contribution is -1.96. The van der Waals surface area contributed by atoms with Crippen molar-refractivity contribution in [1.29, 1.82) is 0 Å². The van der Waals surface area contributed by atoms with Crippen molar-refractivity contribution in [3.63, 3.8) is 0 Å². The summed E-state index contributed by atoms with van der Waals surface area (Å²) >= 11 is 2.26. The Morgan fingerprint density at radius 2 is 2.12 bits per heavy atom.